The van der Waals surface area contributed by atoms with Crippen LogP contribution in [0.25, 0.3) is 0 Å². The van der Waals surface area contributed by atoms with Gasteiger partial charge >= 0.3 is 5.97 Å². The van der Waals surface area contributed by atoms with E-state index < -0.39 is 5.97 Å². The molecule has 0 bridgehead atoms. The first kappa shape index (κ1) is 14.3. The molecule has 1 aromatic rings. The highest BCUT2D eigenvalue weighted by Crippen LogP contribution is 2.21. The molecule has 2 heterocycles. The summed E-state index contributed by atoms with van der Waals surface area (Å²) < 4.78 is 0. The van der Waals surface area contributed by atoms with Crippen LogP contribution in [0.3, 0.4) is 0 Å². The van der Waals surface area contributed by atoms with E-state index in [0.717, 1.165) is 25.9 Å². The summed E-state index contributed by atoms with van der Waals surface area (Å²) in [6.07, 6.45) is 1.94. The first-order chi connectivity index (χ1) is 9.56. The average Bonchev–Trinajstić information content (AvgIpc) is 2.46. The lowest BCUT2D eigenvalue weighted by molar-refractivity contribution is -0.119. The van der Waals surface area contributed by atoms with Crippen molar-refractivity contribution in [3.8, 4) is 0 Å². The molecule has 1 saturated heterocycles. The molecule has 1 aliphatic rings. The summed E-state index contributed by atoms with van der Waals surface area (Å²) in [5.74, 6) is 0.191. The summed E-state index contributed by atoms with van der Waals surface area (Å²) >= 11 is 0. The number of nitrogens with zero attached hydrogens (tertiary/aromatic N) is 2. The molecule has 1 aliphatic heterocycles. The third-order valence-corrected chi connectivity index (χ3v) is 3.53. The normalized spacial score (nSPS) is 15.9. The maximum atomic E-state index is 10.9. The number of aromatic carboxylic acids is 1. The lowest BCUT2D eigenvalue weighted by Gasteiger charge is -2.32. The van der Waals surface area contributed by atoms with Crippen LogP contribution in [0.15, 0.2) is 18.2 Å². The van der Waals surface area contributed by atoms with Crippen molar-refractivity contribution in [2.24, 2.45) is 5.92 Å². The van der Waals surface area contributed by atoms with Crippen molar-refractivity contribution >= 4 is 17.7 Å². The molecule has 6 nitrogen and oxygen atoms in total. The Labute approximate surface area is 117 Å². The highest BCUT2D eigenvalue weighted by Gasteiger charge is 2.20. The first-order valence-electron chi connectivity index (χ1n) is 6.76. The van der Waals surface area contributed by atoms with Crippen LogP contribution in [0, 0.1) is 5.92 Å². The van der Waals surface area contributed by atoms with Gasteiger partial charge < -0.3 is 15.3 Å². The lowest BCUT2D eigenvalue weighted by atomic mass is 9.97. The number of hydrogen-bond acceptors (Lipinski definition) is 4. The van der Waals surface area contributed by atoms with E-state index in [9.17, 15) is 9.59 Å². The molecule has 2 rings (SSSR count). The number of carboxylic acid groups (broad SMARTS) is 1. The molecule has 108 valence electrons. The van der Waals surface area contributed by atoms with E-state index in [-0.39, 0.29) is 11.6 Å². The topological polar surface area (TPSA) is 82.5 Å². The molecule has 0 radical (unpaired) electrons. The first-order valence-corrected chi connectivity index (χ1v) is 6.76. The van der Waals surface area contributed by atoms with E-state index in [1.165, 1.54) is 13.0 Å². The van der Waals surface area contributed by atoms with Gasteiger partial charge in [-0.2, -0.15) is 0 Å². The van der Waals surface area contributed by atoms with E-state index >= 15 is 0 Å². The number of anilines is 1. The fraction of sp³-hybridized carbons (Fsp3) is 0.500. The van der Waals surface area contributed by atoms with E-state index in [1.54, 1.807) is 6.07 Å². The van der Waals surface area contributed by atoms with Crippen molar-refractivity contribution in [3.63, 3.8) is 0 Å². The minimum Gasteiger partial charge on any atom is -0.477 e. The number of carbonyl (C=O) groups excluding carboxylic acids is 1. The number of nitrogens with one attached hydrogen (secondary N) is 1. The van der Waals surface area contributed by atoms with Gasteiger partial charge in [0.1, 0.15) is 5.82 Å². The summed E-state index contributed by atoms with van der Waals surface area (Å²) in [4.78, 5) is 28.0. The second-order valence-electron chi connectivity index (χ2n) is 5.05. The van der Waals surface area contributed by atoms with E-state index in [2.05, 4.69) is 15.2 Å². The van der Waals surface area contributed by atoms with Crippen LogP contribution in [-0.2, 0) is 4.79 Å². The maximum absolute atomic E-state index is 10.9. The molecule has 0 aliphatic carbocycles. The molecule has 0 saturated carbocycles. The molecule has 2 N–H and O–H groups in total. The Morgan fingerprint density at radius 3 is 2.70 bits per heavy atom. The SMILES string of the molecule is CC(=O)NCC1CCN(c2cccc(C(=O)O)n2)CC1. The Bertz CT molecular complexity index is 496. The third kappa shape index (κ3) is 3.69. The Morgan fingerprint density at radius 2 is 2.10 bits per heavy atom. The predicted molar refractivity (Wildman–Crippen MR) is 74.8 cm³/mol. The number of pyridine rings is 1. The van der Waals surface area contributed by atoms with Crippen molar-refractivity contribution in [1.82, 2.24) is 10.3 Å². The van der Waals surface area contributed by atoms with Crippen LogP contribution in [0.2, 0.25) is 0 Å². The van der Waals surface area contributed by atoms with Gasteiger partial charge in [0.15, 0.2) is 5.69 Å². The number of rotatable bonds is 4. The quantitative estimate of drug-likeness (QED) is 0.862. The fourth-order valence-electron chi connectivity index (χ4n) is 2.37. The van der Waals surface area contributed by atoms with Gasteiger partial charge in [0.05, 0.1) is 0 Å². The van der Waals surface area contributed by atoms with Gasteiger partial charge in [-0.1, -0.05) is 6.07 Å². The van der Waals surface area contributed by atoms with Crippen molar-refractivity contribution < 1.29 is 14.7 Å². The van der Waals surface area contributed by atoms with E-state index in [1.807, 2.05) is 6.07 Å². The van der Waals surface area contributed by atoms with E-state index in [4.69, 9.17) is 5.11 Å². The van der Waals surface area contributed by atoms with Crippen molar-refractivity contribution in [1.29, 1.82) is 0 Å². The average molecular weight is 277 g/mol. The highest BCUT2D eigenvalue weighted by atomic mass is 16.4. The molecular formula is C14H19N3O3. The molecule has 0 spiro atoms. The van der Waals surface area contributed by atoms with Crippen molar-refractivity contribution in [2.45, 2.75) is 19.8 Å². The molecule has 0 unspecified atom stereocenters. The van der Waals surface area contributed by atoms with Crippen LogP contribution in [-0.4, -0.2) is 41.6 Å². The van der Waals surface area contributed by atoms with Crippen LogP contribution in [0.5, 0.6) is 0 Å². The summed E-state index contributed by atoms with van der Waals surface area (Å²) in [5.41, 5.74) is 0.0721. The Morgan fingerprint density at radius 1 is 1.40 bits per heavy atom. The van der Waals surface area contributed by atoms with Crippen LogP contribution in [0.1, 0.15) is 30.3 Å². The summed E-state index contributed by atoms with van der Waals surface area (Å²) in [6, 6.07) is 5.05. The molecule has 1 fully saturated rings. The lowest BCUT2D eigenvalue weighted by Crippen LogP contribution is -2.38. The largest absolute Gasteiger partial charge is 0.477 e. The molecule has 20 heavy (non-hydrogen) atoms. The zero-order valence-electron chi connectivity index (χ0n) is 11.5. The van der Waals surface area contributed by atoms with Gasteiger partial charge in [-0.05, 0) is 30.9 Å². The van der Waals surface area contributed by atoms with Crippen molar-refractivity contribution in [2.75, 3.05) is 24.5 Å². The zero-order valence-corrected chi connectivity index (χ0v) is 11.5. The van der Waals surface area contributed by atoms with Crippen LogP contribution >= 0.6 is 0 Å². The molecule has 1 amide bonds. The molecular weight excluding hydrogens is 258 g/mol. The van der Waals surface area contributed by atoms with Gasteiger partial charge in [0.2, 0.25) is 5.91 Å². The number of aromatic nitrogens is 1. The third-order valence-electron chi connectivity index (χ3n) is 3.53. The fourth-order valence-corrected chi connectivity index (χ4v) is 2.37. The van der Waals surface area contributed by atoms with Crippen molar-refractivity contribution in [3.05, 3.63) is 23.9 Å². The number of carboxylic acids is 1. The van der Waals surface area contributed by atoms with Gasteiger partial charge in [0, 0.05) is 26.6 Å². The Kier molecular flexibility index (Phi) is 4.55. The number of amides is 1. The number of piperidine rings is 1. The molecule has 0 aromatic carbocycles. The predicted octanol–water partition coefficient (Wildman–Crippen LogP) is 1.13. The van der Waals surface area contributed by atoms with Gasteiger partial charge in [-0.3, -0.25) is 4.79 Å². The Balaban J connectivity index is 1.92. The Hall–Kier alpha value is -2.11. The van der Waals surface area contributed by atoms with Crippen LogP contribution < -0.4 is 10.2 Å². The molecule has 1 aromatic heterocycles. The summed E-state index contributed by atoms with van der Waals surface area (Å²) in [5, 5.41) is 11.8. The summed E-state index contributed by atoms with van der Waals surface area (Å²) in [6.45, 7) is 3.91. The van der Waals surface area contributed by atoms with Gasteiger partial charge in [0.25, 0.3) is 0 Å². The second-order valence-corrected chi connectivity index (χ2v) is 5.05. The summed E-state index contributed by atoms with van der Waals surface area (Å²) in [7, 11) is 0. The molecule has 6 heteroatoms. The van der Waals surface area contributed by atoms with Gasteiger partial charge in [-0.25, -0.2) is 9.78 Å². The smallest absolute Gasteiger partial charge is 0.354 e. The monoisotopic (exact) mass is 277 g/mol. The second kappa shape index (κ2) is 6.36. The van der Waals surface area contributed by atoms with Gasteiger partial charge in [-0.15, -0.1) is 0 Å². The molecule has 0 atom stereocenters. The number of carbonyl (C=O) groups is 2. The van der Waals surface area contributed by atoms with Crippen LogP contribution in [0.4, 0.5) is 5.82 Å². The standard InChI is InChI=1S/C14H19N3O3/c1-10(18)15-9-11-5-7-17(8-6-11)13-4-2-3-12(16-13)14(19)20/h2-4,11H,5-9H2,1H3,(H,15,18)(H,19,20). The minimum absolute atomic E-state index is 0.00301. The maximum Gasteiger partial charge on any atom is 0.354 e. The zero-order chi connectivity index (χ0) is 14.5. The minimum atomic E-state index is -1.01. The number of hydrogen-bond donors (Lipinski definition) is 2. The van der Waals surface area contributed by atoms with E-state index in [0.29, 0.717) is 18.3 Å². The highest BCUT2D eigenvalue weighted by molar-refractivity contribution is 5.85.